The van der Waals surface area contributed by atoms with Crippen molar-refractivity contribution < 1.29 is 4.74 Å². The summed E-state index contributed by atoms with van der Waals surface area (Å²) in [5, 5.41) is 8.19. The average molecular weight is 256 g/mol. The Kier molecular flexibility index (Phi) is 3.12. The molecule has 6 heteroatoms. The lowest BCUT2D eigenvalue weighted by Gasteiger charge is -2.08. The van der Waals surface area contributed by atoms with E-state index < -0.39 is 0 Å². The van der Waals surface area contributed by atoms with Crippen LogP contribution in [0.15, 0.2) is 30.5 Å². The summed E-state index contributed by atoms with van der Waals surface area (Å²) in [7, 11) is 0. The molecule has 0 bridgehead atoms. The van der Waals surface area contributed by atoms with Gasteiger partial charge in [-0.15, -0.1) is 5.10 Å². The lowest BCUT2D eigenvalue weighted by molar-refractivity contribution is 0.457. The fraction of sp³-hybridized carbons (Fsp3) is 0. The molecule has 2 aromatic rings. The van der Waals surface area contributed by atoms with Crippen LogP contribution in [0.25, 0.3) is 0 Å². The van der Waals surface area contributed by atoms with Gasteiger partial charge in [0.05, 0.1) is 15.7 Å². The second-order valence-electron chi connectivity index (χ2n) is 2.97. The fourth-order valence-corrected chi connectivity index (χ4v) is 1.41. The van der Waals surface area contributed by atoms with Gasteiger partial charge in [-0.1, -0.05) is 23.2 Å². The molecule has 0 spiro atoms. The molecular weight excluding hydrogens is 249 g/mol. The Labute approximate surface area is 102 Å². The number of hydrogen-bond donors (Lipinski definition) is 1. The maximum Gasteiger partial charge on any atom is 0.238 e. The first kappa shape index (κ1) is 11.0. The summed E-state index contributed by atoms with van der Waals surface area (Å²) in [5.74, 6) is 0.738. The molecule has 82 valence electrons. The third-order valence-electron chi connectivity index (χ3n) is 1.82. The van der Waals surface area contributed by atoms with Gasteiger partial charge in [-0.25, -0.2) is 0 Å². The summed E-state index contributed by atoms with van der Waals surface area (Å²) in [5.41, 5.74) is 6.11. The topological polar surface area (TPSA) is 61.0 Å². The highest BCUT2D eigenvalue weighted by Crippen LogP contribution is 2.34. The number of nitrogens with two attached hydrogens (primary N) is 1. The molecule has 2 N–H and O–H groups in total. The highest BCUT2D eigenvalue weighted by Gasteiger charge is 2.07. The van der Waals surface area contributed by atoms with Crippen molar-refractivity contribution in [2.75, 3.05) is 5.73 Å². The smallest absolute Gasteiger partial charge is 0.238 e. The van der Waals surface area contributed by atoms with Crippen LogP contribution in [0.3, 0.4) is 0 Å². The van der Waals surface area contributed by atoms with Crippen LogP contribution >= 0.6 is 23.2 Å². The summed E-state index contributed by atoms with van der Waals surface area (Å²) < 4.78 is 5.40. The SMILES string of the molecule is Nc1cc(Cl)c(Cl)cc1Oc1cccnn1. The van der Waals surface area contributed by atoms with Crippen LogP contribution in [0.1, 0.15) is 0 Å². The number of benzene rings is 1. The molecule has 16 heavy (non-hydrogen) atoms. The van der Waals surface area contributed by atoms with Crippen LogP contribution in [0.2, 0.25) is 10.0 Å². The van der Waals surface area contributed by atoms with E-state index in [1.54, 1.807) is 18.3 Å². The summed E-state index contributed by atoms with van der Waals surface area (Å²) >= 11 is 11.6. The largest absolute Gasteiger partial charge is 0.435 e. The molecule has 2 rings (SSSR count). The van der Waals surface area contributed by atoms with Gasteiger partial charge in [0.2, 0.25) is 5.88 Å². The minimum absolute atomic E-state index is 0.340. The summed E-state index contributed by atoms with van der Waals surface area (Å²) in [4.78, 5) is 0. The van der Waals surface area contributed by atoms with Gasteiger partial charge < -0.3 is 10.5 Å². The van der Waals surface area contributed by atoms with E-state index in [4.69, 9.17) is 33.7 Å². The van der Waals surface area contributed by atoms with Crippen LogP contribution in [-0.4, -0.2) is 10.2 Å². The van der Waals surface area contributed by atoms with Crippen LogP contribution in [0.4, 0.5) is 5.69 Å². The Balaban J connectivity index is 2.32. The lowest BCUT2D eigenvalue weighted by atomic mass is 10.3. The Morgan fingerprint density at radius 3 is 2.62 bits per heavy atom. The predicted molar refractivity (Wildman–Crippen MR) is 63.0 cm³/mol. The minimum atomic E-state index is 0.340. The molecular formula is C10H7Cl2N3O. The Morgan fingerprint density at radius 1 is 1.19 bits per heavy atom. The van der Waals surface area contributed by atoms with Gasteiger partial charge in [-0.2, -0.15) is 5.10 Å². The van der Waals surface area contributed by atoms with E-state index in [1.165, 1.54) is 12.1 Å². The van der Waals surface area contributed by atoms with E-state index >= 15 is 0 Å². The standard InChI is InChI=1S/C10H7Cl2N3O/c11-6-4-8(13)9(5-7(6)12)16-10-2-1-3-14-15-10/h1-5H,13H2. The molecule has 0 saturated heterocycles. The van der Waals surface area contributed by atoms with Gasteiger partial charge in [0.1, 0.15) is 0 Å². The van der Waals surface area contributed by atoms with Gasteiger partial charge in [-0.3, -0.25) is 0 Å². The van der Waals surface area contributed by atoms with Crippen molar-refractivity contribution in [2.45, 2.75) is 0 Å². The van der Waals surface area contributed by atoms with Crippen LogP contribution in [-0.2, 0) is 0 Å². The fourth-order valence-electron chi connectivity index (χ4n) is 1.09. The molecule has 0 unspecified atom stereocenters. The van der Waals surface area contributed by atoms with Crippen molar-refractivity contribution in [3.63, 3.8) is 0 Å². The predicted octanol–water partition coefficient (Wildman–Crippen LogP) is 3.16. The van der Waals surface area contributed by atoms with Crippen molar-refractivity contribution in [1.82, 2.24) is 10.2 Å². The highest BCUT2D eigenvalue weighted by atomic mass is 35.5. The first-order valence-electron chi connectivity index (χ1n) is 4.37. The van der Waals surface area contributed by atoms with E-state index in [0.29, 0.717) is 27.4 Å². The first-order chi connectivity index (χ1) is 7.66. The number of aromatic nitrogens is 2. The van der Waals surface area contributed by atoms with Crippen LogP contribution in [0, 0.1) is 0 Å². The minimum Gasteiger partial charge on any atom is -0.435 e. The number of nitrogen functional groups attached to an aromatic ring is 1. The van der Waals surface area contributed by atoms with Crippen molar-refractivity contribution in [3.8, 4) is 11.6 Å². The molecule has 0 radical (unpaired) electrons. The molecule has 0 aliphatic carbocycles. The van der Waals surface area contributed by atoms with Gasteiger partial charge in [-0.05, 0) is 12.1 Å². The third-order valence-corrected chi connectivity index (χ3v) is 2.54. The monoisotopic (exact) mass is 255 g/mol. The summed E-state index contributed by atoms with van der Waals surface area (Å²) in [6, 6.07) is 6.43. The number of nitrogens with zero attached hydrogens (tertiary/aromatic N) is 2. The number of anilines is 1. The second-order valence-corrected chi connectivity index (χ2v) is 3.78. The van der Waals surface area contributed by atoms with Crippen molar-refractivity contribution >= 4 is 28.9 Å². The summed E-state index contributed by atoms with van der Waals surface area (Å²) in [6.45, 7) is 0. The molecule has 0 atom stereocenters. The molecule has 1 aromatic carbocycles. The average Bonchev–Trinajstić information content (AvgIpc) is 2.27. The molecule has 1 aromatic heterocycles. The van der Waals surface area contributed by atoms with Crippen LogP contribution < -0.4 is 10.5 Å². The maximum absolute atomic E-state index is 5.85. The normalized spacial score (nSPS) is 10.1. The van der Waals surface area contributed by atoms with E-state index in [0.717, 1.165) is 0 Å². The zero-order valence-corrected chi connectivity index (χ0v) is 9.53. The van der Waals surface area contributed by atoms with E-state index in [9.17, 15) is 0 Å². The zero-order valence-electron chi connectivity index (χ0n) is 8.02. The van der Waals surface area contributed by atoms with Crippen molar-refractivity contribution in [3.05, 3.63) is 40.5 Å². The summed E-state index contributed by atoms with van der Waals surface area (Å²) in [6.07, 6.45) is 1.55. The molecule has 1 heterocycles. The Hall–Kier alpha value is -1.52. The van der Waals surface area contributed by atoms with Gasteiger partial charge in [0, 0.05) is 18.3 Å². The second kappa shape index (κ2) is 4.55. The van der Waals surface area contributed by atoms with E-state index in [-0.39, 0.29) is 0 Å². The van der Waals surface area contributed by atoms with E-state index in [2.05, 4.69) is 10.2 Å². The van der Waals surface area contributed by atoms with Gasteiger partial charge >= 0.3 is 0 Å². The lowest BCUT2D eigenvalue weighted by Crippen LogP contribution is -1.94. The maximum atomic E-state index is 5.85. The van der Waals surface area contributed by atoms with E-state index in [1.807, 2.05) is 0 Å². The number of rotatable bonds is 2. The molecule has 0 amide bonds. The number of ether oxygens (including phenoxy) is 1. The molecule has 4 nitrogen and oxygen atoms in total. The van der Waals surface area contributed by atoms with Crippen molar-refractivity contribution in [1.29, 1.82) is 0 Å². The zero-order chi connectivity index (χ0) is 11.5. The third kappa shape index (κ3) is 2.35. The van der Waals surface area contributed by atoms with Crippen molar-refractivity contribution in [2.24, 2.45) is 0 Å². The van der Waals surface area contributed by atoms with Gasteiger partial charge in [0.25, 0.3) is 0 Å². The first-order valence-corrected chi connectivity index (χ1v) is 5.12. The molecule has 0 fully saturated rings. The van der Waals surface area contributed by atoms with Gasteiger partial charge in [0.15, 0.2) is 5.75 Å². The Morgan fingerprint density at radius 2 is 1.94 bits per heavy atom. The molecule has 0 aliphatic rings. The molecule has 0 aliphatic heterocycles. The van der Waals surface area contributed by atoms with Crippen LogP contribution in [0.5, 0.6) is 11.6 Å². The Bertz CT molecular complexity index is 505. The number of halogens is 2. The molecule has 0 saturated carbocycles. The number of hydrogen-bond acceptors (Lipinski definition) is 4. The highest BCUT2D eigenvalue weighted by molar-refractivity contribution is 6.42. The quantitative estimate of drug-likeness (QED) is 0.838.